The van der Waals surface area contributed by atoms with Crippen molar-refractivity contribution in [3.05, 3.63) is 36.2 Å². The van der Waals surface area contributed by atoms with Gasteiger partial charge in [-0.25, -0.2) is 0 Å². The van der Waals surface area contributed by atoms with Crippen molar-refractivity contribution in [1.29, 1.82) is 0 Å². The maximum atomic E-state index is 13.1. The molecule has 0 bridgehead atoms. The van der Waals surface area contributed by atoms with E-state index < -0.39 is 0 Å². The molecule has 0 radical (unpaired) electrons. The summed E-state index contributed by atoms with van der Waals surface area (Å²) in [4.78, 5) is 19.9. The first-order valence-electron chi connectivity index (χ1n) is 11.0. The molecule has 1 atom stereocenters. The molecule has 5 rings (SSSR count). The Hall–Kier alpha value is -2.21. The molecule has 1 spiro atoms. The number of ether oxygens (including phenoxy) is 1. The number of rotatable bonds is 4. The highest BCUT2D eigenvalue weighted by molar-refractivity contribution is 5.77. The SMILES string of the molecule is O=C(CC1CCCC1)N1C[C@@H](c2nc(-c3ccccc3)no2)C2(CCOCC2)C1. The van der Waals surface area contributed by atoms with Gasteiger partial charge in [0.2, 0.25) is 17.6 Å². The third kappa shape index (κ3) is 3.70. The van der Waals surface area contributed by atoms with Gasteiger partial charge in [-0.15, -0.1) is 0 Å². The van der Waals surface area contributed by atoms with Crippen LogP contribution in [0, 0.1) is 11.3 Å². The van der Waals surface area contributed by atoms with E-state index in [4.69, 9.17) is 14.2 Å². The predicted octanol–water partition coefficient (Wildman–Crippen LogP) is 4.04. The van der Waals surface area contributed by atoms with Gasteiger partial charge in [0.05, 0.1) is 5.92 Å². The third-order valence-electron chi connectivity index (χ3n) is 7.20. The molecular weight excluding hydrogens is 366 g/mol. The molecule has 6 heteroatoms. The van der Waals surface area contributed by atoms with Crippen LogP contribution in [0.3, 0.4) is 0 Å². The van der Waals surface area contributed by atoms with Crippen molar-refractivity contribution in [1.82, 2.24) is 15.0 Å². The number of aromatic nitrogens is 2. The van der Waals surface area contributed by atoms with Gasteiger partial charge in [-0.2, -0.15) is 4.98 Å². The zero-order valence-corrected chi connectivity index (χ0v) is 16.9. The van der Waals surface area contributed by atoms with Gasteiger partial charge in [0.15, 0.2) is 0 Å². The first-order chi connectivity index (χ1) is 14.2. The Morgan fingerprint density at radius 2 is 1.90 bits per heavy atom. The van der Waals surface area contributed by atoms with Crippen LogP contribution in [-0.4, -0.2) is 47.3 Å². The topological polar surface area (TPSA) is 68.5 Å². The molecule has 1 aliphatic carbocycles. The summed E-state index contributed by atoms with van der Waals surface area (Å²) in [5.74, 6) is 2.25. The van der Waals surface area contributed by atoms with Crippen molar-refractivity contribution in [3.8, 4) is 11.4 Å². The first-order valence-corrected chi connectivity index (χ1v) is 11.0. The van der Waals surface area contributed by atoms with Gasteiger partial charge in [0.1, 0.15) is 0 Å². The zero-order chi connectivity index (χ0) is 19.7. The summed E-state index contributed by atoms with van der Waals surface area (Å²) in [6.45, 7) is 2.94. The van der Waals surface area contributed by atoms with Gasteiger partial charge in [-0.3, -0.25) is 4.79 Å². The van der Waals surface area contributed by atoms with Gasteiger partial charge in [-0.05, 0) is 31.6 Å². The van der Waals surface area contributed by atoms with E-state index in [0.29, 0.717) is 36.5 Å². The van der Waals surface area contributed by atoms with E-state index in [0.717, 1.165) is 38.2 Å². The van der Waals surface area contributed by atoms with Crippen molar-refractivity contribution >= 4 is 5.91 Å². The lowest BCUT2D eigenvalue weighted by Gasteiger charge is -2.36. The van der Waals surface area contributed by atoms with Crippen LogP contribution in [0.5, 0.6) is 0 Å². The number of carbonyl (C=O) groups is 1. The highest BCUT2D eigenvalue weighted by Crippen LogP contribution is 2.49. The Morgan fingerprint density at radius 3 is 2.66 bits per heavy atom. The number of hydrogen-bond donors (Lipinski definition) is 0. The predicted molar refractivity (Wildman–Crippen MR) is 108 cm³/mol. The van der Waals surface area contributed by atoms with Crippen molar-refractivity contribution in [2.45, 2.75) is 50.9 Å². The van der Waals surface area contributed by atoms with E-state index in [-0.39, 0.29) is 11.3 Å². The van der Waals surface area contributed by atoms with Crippen molar-refractivity contribution in [2.24, 2.45) is 11.3 Å². The number of nitrogens with zero attached hydrogens (tertiary/aromatic N) is 3. The van der Waals surface area contributed by atoms with Crippen molar-refractivity contribution < 1.29 is 14.1 Å². The fourth-order valence-corrected chi connectivity index (χ4v) is 5.46. The third-order valence-corrected chi connectivity index (χ3v) is 7.20. The molecule has 1 aromatic heterocycles. The number of carbonyl (C=O) groups excluding carboxylic acids is 1. The molecule has 1 aromatic carbocycles. The monoisotopic (exact) mass is 395 g/mol. The fourth-order valence-electron chi connectivity index (χ4n) is 5.46. The average Bonchev–Trinajstić information content (AvgIpc) is 3.50. The molecule has 3 fully saturated rings. The quantitative estimate of drug-likeness (QED) is 0.781. The molecule has 0 N–H and O–H groups in total. The summed E-state index contributed by atoms with van der Waals surface area (Å²) in [5, 5.41) is 4.24. The standard InChI is InChI=1S/C23H29N3O3/c27-20(14-17-6-4-5-7-17)26-15-19(23(16-26)10-12-28-13-11-23)22-24-21(25-29-22)18-8-2-1-3-9-18/h1-3,8-9,17,19H,4-7,10-16H2/t19-/m0/s1. The molecule has 29 heavy (non-hydrogen) atoms. The molecule has 2 aliphatic heterocycles. The second-order valence-corrected chi connectivity index (χ2v) is 8.98. The molecule has 0 unspecified atom stereocenters. The minimum Gasteiger partial charge on any atom is -0.381 e. The number of likely N-dealkylation sites (tertiary alicyclic amines) is 1. The van der Waals surface area contributed by atoms with Crippen LogP contribution in [0.25, 0.3) is 11.4 Å². The molecule has 1 saturated carbocycles. The summed E-state index contributed by atoms with van der Waals surface area (Å²) in [7, 11) is 0. The van der Waals surface area contributed by atoms with Gasteiger partial charge in [0, 0.05) is 43.7 Å². The molecule has 2 saturated heterocycles. The molecular formula is C23H29N3O3. The minimum absolute atomic E-state index is 0.00984. The van der Waals surface area contributed by atoms with Gasteiger partial charge < -0.3 is 14.2 Å². The van der Waals surface area contributed by atoms with Crippen LogP contribution in [0.15, 0.2) is 34.9 Å². The van der Waals surface area contributed by atoms with E-state index in [1.165, 1.54) is 25.7 Å². The van der Waals surface area contributed by atoms with Crippen molar-refractivity contribution in [3.63, 3.8) is 0 Å². The average molecular weight is 396 g/mol. The Balaban J connectivity index is 1.38. The van der Waals surface area contributed by atoms with E-state index in [1.54, 1.807) is 0 Å². The van der Waals surface area contributed by atoms with E-state index in [2.05, 4.69) is 10.1 Å². The lowest BCUT2D eigenvalue weighted by atomic mass is 9.72. The van der Waals surface area contributed by atoms with E-state index in [9.17, 15) is 4.79 Å². The van der Waals surface area contributed by atoms with Gasteiger partial charge in [0.25, 0.3) is 0 Å². The lowest BCUT2D eigenvalue weighted by molar-refractivity contribution is -0.131. The summed E-state index contributed by atoms with van der Waals surface area (Å²) >= 11 is 0. The Labute approximate surface area is 171 Å². The summed E-state index contributed by atoms with van der Waals surface area (Å²) < 4.78 is 11.4. The highest BCUT2D eigenvalue weighted by Gasteiger charge is 2.51. The lowest BCUT2D eigenvalue weighted by Crippen LogP contribution is -2.37. The van der Waals surface area contributed by atoms with Gasteiger partial charge in [-0.1, -0.05) is 48.3 Å². The molecule has 3 aliphatic rings. The maximum Gasteiger partial charge on any atom is 0.232 e. The summed E-state index contributed by atoms with van der Waals surface area (Å²) in [6, 6.07) is 9.91. The van der Waals surface area contributed by atoms with Crippen LogP contribution in [0.2, 0.25) is 0 Å². The smallest absolute Gasteiger partial charge is 0.232 e. The van der Waals surface area contributed by atoms with Crippen molar-refractivity contribution in [2.75, 3.05) is 26.3 Å². The summed E-state index contributed by atoms with van der Waals surface area (Å²) in [6.07, 6.45) is 7.51. The van der Waals surface area contributed by atoms with E-state index in [1.807, 2.05) is 30.3 Å². The largest absolute Gasteiger partial charge is 0.381 e. The normalized spacial score (nSPS) is 24.4. The highest BCUT2D eigenvalue weighted by atomic mass is 16.5. The second-order valence-electron chi connectivity index (χ2n) is 8.98. The second kappa shape index (κ2) is 7.90. The Kier molecular flexibility index (Phi) is 5.12. The van der Waals surface area contributed by atoms with Crippen LogP contribution >= 0.6 is 0 Å². The minimum atomic E-state index is -0.00984. The molecule has 154 valence electrons. The van der Waals surface area contributed by atoms with Crippen LogP contribution in [0.4, 0.5) is 0 Å². The zero-order valence-electron chi connectivity index (χ0n) is 16.9. The first kappa shape index (κ1) is 18.8. The molecule has 6 nitrogen and oxygen atoms in total. The Morgan fingerprint density at radius 1 is 1.14 bits per heavy atom. The molecule has 2 aromatic rings. The van der Waals surface area contributed by atoms with E-state index >= 15 is 0 Å². The summed E-state index contributed by atoms with van der Waals surface area (Å²) in [5.41, 5.74) is 0.944. The van der Waals surface area contributed by atoms with Crippen LogP contribution < -0.4 is 0 Å². The number of hydrogen-bond acceptors (Lipinski definition) is 5. The maximum absolute atomic E-state index is 13.1. The van der Waals surface area contributed by atoms with Crippen LogP contribution in [-0.2, 0) is 9.53 Å². The molecule has 3 heterocycles. The number of benzene rings is 1. The fraction of sp³-hybridized carbons (Fsp3) is 0.609. The van der Waals surface area contributed by atoms with Crippen LogP contribution in [0.1, 0.15) is 56.8 Å². The van der Waals surface area contributed by atoms with Gasteiger partial charge >= 0.3 is 0 Å². The molecule has 1 amide bonds. The Bertz CT molecular complexity index is 838. The number of amides is 1.